The van der Waals surface area contributed by atoms with E-state index in [2.05, 4.69) is 79.3 Å². The molecule has 3 heteroatoms. The van der Waals surface area contributed by atoms with Gasteiger partial charge in [-0.3, -0.25) is 9.78 Å². The number of allylic oxidation sites excluding steroid dienone is 1. The van der Waals surface area contributed by atoms with Crippen molar-refractivity contribution in [2.75, 3.05) is 0 Å². The molecule has 4 rings (SSSR count). The van der Waals surface area contributed by atoms with Gasteiger partial charge in [0.1, 0.15) is 0 Å². The maximum absolute atomic E-state index is 12.5. The van der Waals surface area contributed by atoms with Crippen molar-refractivity contribution >= 4 is 6.08 Å². The first-order valence-corrected chi connectivity index (χ1v) is 9.95. The third-order valence-corrected chi connectivity index (χ3v) is 6.15. The molecule has 0 amide bonds. The third kappa shape index (κ3) is 3.45. The fourth-order valence-electron chi connectivity index (χ4n) is 4.26. The van der Waals surface area contributed by atoms with Crippen LogP contribution in [0.15, 0.2) is 65.7 Å². The van der Waals surface area contributed by atoms with E-state index in [0.29, 0.717) is 11.8 Å². The summed E-state index contributed by atoms with van der Waals surface area (Å²) in [5.74, 6) is 1.07. The fraction of sp³-hybridized carbons (Fsp3) is 0.280. The van der Waals surface area contributed by atoms with Gasteiger partial charge in [-0.1, -0.05) is 50.3 Å². The molecule has 1 aliphatic rings. The van der Waals surface area contributed by atoms with Gasteiger partial charge in [0, 0.05) is 29.4 Å². The quantitative estimate of drug-likeness (QED) is 0.673. The molecule has 0 bridgehead atoms. The summed E-state index contributed by atoms with van der Waals surface area (Å²) in [5, 5.41) is 0. The van der Waals surface area contributed by atoms with E-state index in [1.54, 1.807) is 6.20 Å². The van der Waals surface area contributed by atoms with E-state index in [1.807, 2.05) is 12.3 Å². The van der Waals surface area contributed by atoms with Crippen LogP contribution in [-0.4, -0.2) is 9.97 Å². The van der Waals surface area contributed by atoms with Crippen LogP contribution < -0.4 is 5.56 Å². The van der Waals surface area contributed by atoms with Gasteiger partial charge >= 0.3 is 0 Å². The highest BCUT2D eigenvalue weighted by atomic mass is 16.1. The summed E-state index contributed by atoms with van der Waals surface area (Å²) in [6.45, 7) is 6.62. The van der Waals surface area contributed by atoms with Crippen LogP contribution in [0.25, 0.3) is 17.2 Å². The first kappa shape index (κ1) is 18.4. The first-order chi connectivity index (χ1) is 13.5. The van der Waals surface area contributed by atoms with Crippen molar-refractivity contribution < 1.29 is 0 Å². The number of H-pyrrole nitrogens is 1. The smallest absolute Gasteiger partial charge is 0.252 e. The molecule has 0 saturated carbocycles. The summed E-state index contributed by atoms with van der Waals surface area (Å²) in [6, 6.07) is 14.6. The maximum atomic E-state index is 12.5. The largest absolute Gasteiger partial charge is 0.329 e. The number of hydrogen-bond acceptors (Lipinski definition) is 2. The van der Waals surface area contributed by atoms with Crippen LogP contribution in [0.5, 0.6) is 0 Å². The van der Waals surface area contributed by atoms with Crippen molar-refractivity contribution in [1.82, 2.24) is 9.97 Å². The molecule has 0 radical (unpaired) electrons. The lowest BCUT2D eigenvalue weighted by Gasteiger charge is -2.33. The first-order valence-electron chi connectivity index (χ1n) is 9.95. The Hall–Kier alpha value is -2.94. The number of nitrogens with one attached hydrogen (secondary N) is 1. The van der Waals surface area contributed by atoms with Gasteiger partial charge in [-0.2, -0.15) is 0 Å². The molecule has 0 saturated heterocycles. The van der Waals surface area contributed by atoms with E-state index in [9.17, 15) is 4.79 Å². The molecule has 0 spiro atoms. The number of pyridine rings is 2. The van der Waals surface area contributed by atoms with Gasteiger partial charge in [-0.15, -0.1) is 0 Å². The van der Waals surface area contributed by atoms with Gasteiger partial charge in [-0.05, 0) is 60.1 Å². The van der Waals surface area contributed by atoms with Crippen LogP contribution in [-0.2, 0) is 6.42 Å². The average molecular weight is 370 g/mol. The molecule has 3 atom stereocenters. The summed E-state index contributed by atoms with van der Waals surface area (Å²) in [7, 11) is 0. The molecule has 1 aliphatic carbocycles. The molecule has 0 fully saturated rings. The SMILES string of the molecule is Cc1ccccc1-c1ccc(/C=C/[C@@H]2c3c(cc[nH]c3=O)C[C@H](C)[C@H]2C)nc1. The van der Waals surface area contributed by atoms with Crippen molar-refractivity contribution in [3.8, 4) is 11.1 Å². The van der Waals surface area contributed by atoms with E-state index >= 15 is 0 Å². The monoisotopic (exact) mass is 370 g/mol. The lowest BCUT2D eigenvalue weighted by Crippen LogP contribution is -2.31. The lowest BCUT2D eigenvalue weighted by atomic mass is 9.71. The molecular weight excluding hydrogens is 344 g/mol. The van der Waals surface area contributed by atoms with Crippen LogP contribution >= 0.6 is 0 Å². The van der Waals surface area contributed by atoms with Crippen molar-refractivity contribution in [2.45, 2.75) is 33.1 Å². The third-order valence-electron chi connectivity index (χ3n) is 6.15. The molecule has 142 valence electrons. The Bertz CT molecular complexity index is 1060. The van der Waals surface area contributed by atoms with Crippen LogP contribution in [0.4, 0.5) is 0 Å². The van der Waals surface area contributed by atoms with Gasteiger partial charge in [0.2, 0.25) is 0 Å². The minimum Gasteiger partial charge on any atom is -0.329 e. The zero-order valence-corrected chi connectivity index (χ0v) is 16.6. The predicted molar refractivity (Wildman–Crippen MR) is 115 cm³/mol. The average Bonchev–Trinajstić information content (AvgIpc) is 2.70. The highest BCUT2D eigenvalue weighted by molar-refractivity contribution is 5.67. The Morgan fingerprint density at radius 2 is 1.93 bits per heavy atom. The van der Waals surface area contributed by atoms with Crippen molar-refractivity contribution in [2.24, 2.45) is 11.8 Å². The van der Waals surface area contributed by atoms with Crippen LogP contribution in [0.1, 0.15) is 42.1 Å². The number of aromatic nitrogens is 2. The second kappa shape index (κ2) is 7.59. The van der Waals surface area contributed by atoms with Gasteiger partial charge in [0.15, 0.2) is 0 Å². The summed E-state index contributed by atoms with van der Waals surface area (Å²) in [6.07, 6.45) is 8.86. The summed E-state index contributed by atoms with van der Waals surface area (Å²) < 4.78 is 0. The van der Waals surface area contributed by atoms with E-state index in [0.717, 1.165) is 23.2 Å². The van der Waals surface area contributed by atoms with E-state index in [4.69, 9.17) is 0 Å². The summed E-state index contributed by atoms with van der Waals surface area (Å²) >= 11 is 0. The zero-order valence-electron chi connectivity index (χ0n) is 16.6. The predicted octanol–water partition coefficient (Wildman–Crippen LogP) is 5.37. The maximum Gasteiger partial charge on any atom is 0.252 e. The molecule has 28 heavy (non-hydrogen) atoms. The van der Waals surface area contributed by atoms with Crippen LogP contribution in [0.3, 0.4) is 0 Å². The van der Waals surface area contributed by atoms with Crippen LogP contribution in [0.2, 0.25) is 0 Å². The second-order valence-electron chi connectivity index (χ2n) is 7.96. The minimum atomic E-state index is 0.0359. The molecule has 1 N–H and O–H groups in total. The Kier molecular flexibility index (Phi) is 4.99. The standard InChI is InChI=1S/C25H26N2O/c1-16-6-4-5-7-22(16)20-8-9-21(27-15-20)10-11-23-18(3)17(2)14-19-12-13-26-25(28)24(19)23/h4-13,15,17-18,23H,14H2,1-3H3,(H,26,28)/b11-10+/t17-,18+,23-/m0/s1. The molecule has 1 aromatic carbocycles. The van der Waals surface area contributed by atoms with E-state index < -0.39 is 0 Å². The zero-order chi connectivity index (χ0) is 19.7. The van der Waals surface area contributed by atoms with Crippen molar-refractivity contribution in [3.63, 3.8) is 0 Å². The van der Waals surface area contributed by atoms with Gasteiger partial charge < -0.3 is 4.98 Å². The summed E-state index contributed by atoms with van der Waals surface area (Å²) in [5.41, 5.74) is 6.61. The number of fused-ring (bicyclic) bond motifs is 1. The summed E-state index contributed by atoms with van der Waals surface area (Å²) in [4.78, 5) is 19.9. The van der Waals surface area contributed by atoms with Gasteiger partial charge in [-0.25, -0.2) is 0 Å². The highest BCUT2D eigenvalue weighted by Crippen LogP contribution is 2.38. The van der Waals surface area contributed by atoms with E-state index in [-0.39, 0.29) is 11.5 Å². The minimum absolute atomic E-state index is 0.0359. The van der Waals surface area contributed by atoms with Gasteiger partial charge in [0.25, 0.3) is 5.56 Å². The van der Waals surface area contributed by atoms with E-state index in [1.165, 1.54) is 16.7 Å². The Morgan fingerprint density at radius 3 is 2.68 bits per heavy atom. The fourth-order valence-corrected chi connectivity index (χ4v) is 4.26. The number of hydrogen-bond donors (Lipinski definition) is 1. The molecule has 3 nitrogen and oxygen atoms in total. The number of aryl methyl sites for hydroxylation is 1. The van der Waals surface area contributed by atoms with Gasteiger partial charge in [0.05, 0.1) is 5.69 Å². The van der Waals surface area contributed by atoms with Crippen LogP contribution in [0, 0.1) is 18.8 Å². The number of aromatic amines is 1. The van der Waals surface area contributed by atoms with Crippen molar-refractivity contribution in [1.29, 1.82) is 0 Å². The molecule has 2 heterocycles. The Labute approximate surface area is 166 Å². The number of benzene rings is 1. The Morgan fingerprint density at radius 1 is 1.11 bits per heavy atom. The Balaban J connectivity index is 1.63. The topological polar surface area (TPSA) is 45.8 Å². The molecule has 0 aliphatic heterocycles. The molecule has 3 aromatic rings. The molecular formula is C25H26N2O. The second-order valence-corrected chi connectivity index (χ2v) is 7.96. The highest BCUT2D eigenvalue weighted by Gasteiger charge is 2.31. The normalized spacial score (nSPS) is 21.6. The van der Waals surface area contributed by atoms with Crippen molar-refractivity contribution in [3.05, 3.63) is 93.7 Å². The number of nitrogens with zero attached hydrogens (tertiary/aromatic N) is 1. The number of rotatable bonds is 3. The lowest BCUT2D eigenvalue weighted by molar-refractivity contribution is 0.330. The molecule has 0 unspecified atom stereocenters. The molecule has 2 aromatic heterocycles.